The molecular weight excluding hydrogens is 280 g/mol. The molecule has 0 spiro atoms. The average Bonchev–Trinajstić information content (AvgIpc) is 2.99. The third-order valence-electron chi connectivity index (χ3n) is 3.50. The molecule has 2 aromatic heterocycles. The number of aromatic amines is 2. The lowest BCUT2D eigenvalue weighted by molar-refractivity contribution is 1.16. The molecule has 0 aliphatic carbocycles. The lowest BCUT2D eigenvalue weighted by atomic mass is 10.1. The monoisotopic (exact) mass is 292 g/mol. The highest BCUT2D eigenvalue weighted by Crippen LogP contribution is 2.30. The van der Waals surface area contributed by atoms with Crippen molar-refractivity contribution in [2.75, 3.05) is 11.1 Å². The van der Waals surface area contributed by atoms with Gasteiger partial charge in [-0.2, -0.15) is 4.98 Å². The van der Waals surface area contributed by atoms with Crippen LogP contribution in [0.5, 0.6) is 0 Å². The third-order valence-corrected chi connectivity index (χ3v) is 3.50. The highest BCUT2D eigenvalue weighted by atomic mass is 16.1. The van der Waals surface area contributed by atoms with Crippen LogP contribution in [-0.2, 0) is 0 Å². The summed E-state index contributed by atoms with van der Waals surface area (Å²) < 4.78 is 0. The van der Waals surface area contributed by atoms with Crippen molar-refractivity contribution in [3.05, 3.63) is 53.1 Å². The summed E-state index contributed by atoms with van der Waals surface area (Å²) in [7, 11) is 0. The average molecular weight is 292 g/mol. The predicted molar refractivity (Wildman–Crippen MR) is 86.2 cm³/mol. The molecule has 2 heterocycles. The van der Waals surface area contributed by atoms with Crippen LogP contribution in [0.25, 0.3) is 21.9 Å². The second kappa shape index (κ2) is 4.59. The Morgan fingerprint density at radius 1 is 1.14 bits per heavy atom. The Morgan fingerprint density at radius 3 is 2.91 bits per heavy atom. The van der Waals surface area contributed by atoms with E-state index in [1.807, 2.05) is 36.4 Å². The van der Waals surface area contributed by atoms with Crippen LogP contribution >= 0.6 is 0 Å². The summed E-state index contributed by atoms with van der Waals surface area (Å²) in [6.45, 7) is 0. The number of nitrogens with two attached hydrogens (primary N) is 1. The Labute approximate surface area is 124 Å². The van der Waals surface area contributed by atoms with Gasteiger partial charge < -0.3 is 16.0 Å². The van der Waals surface area contributed by atoms with E-state index in [0.717, 1.165) is 10.8 Å². The summed E-state index contributed by atoms with van der Waals surface area (Å²) >= 11 is 0. The minimum absolute atomic E-state index is 0.288. The number of H-pyrrole nitrogens is 2. The van der Waals surface area contributed by atoms with Crippen LogP contribution < -0.4 is 16.6 Å². The van der Waals surface area contributed by atoms with Crippen molar-refractivity contribution >= 4 is 39.3 Å². The maximum Gasteiger partial charge on any atom is 0.278 e. The molecule has 0 saturated carbocycles. The number of hydrogen-bond acceptors (Lipinski definition) is 5. The number of benzene rings is 2. The fraction of sp³-hybridized carbons (Fsp3) is 0. The SMILES string of the molecule is Nc1ccc2ccccc2c1Nc1nc2nc[nH]c2c(=O)[nH]1. The number of imidazole rings is 1. The van der Waals surface area contributed by atoms with Gasteiger partial charge in [-0.15, -0.1) is 0 Å². The summed E-state index contributed by atoms with van der Waals surface area (Å²) in [5, 5.41) is 5.09. The standard InChI is InChI=1S/C15H12N6O/c16-10-6-5-8-3-1-2-4-9(8)11(10)19-15-20-13-12(14(22)21-15)17-7-18-13/h1-7H,16H2,(H3,17,18,19,20,21,22). The van der Waals surface area contributed by atoms with Gasteiger partial charge in [0.05, 0.1) is 17.7 Å². The number of hydrogen-bond donors (Lipinski definition) is 4. The number of fused-ring (bicyclic) bond motifs is 2. The lowest BCUT2D eigenvalue weighted by Crippen LogP contribution is -2.11. The molecular formula is C15H12N6O. The molecule has 0 radical (unpaired) electrons. The molecule has 2 aromatic carbocycles. The van der Waals surface area contributed by atoms with Crippen LogP contribution in [0.15, 0.2) is 47.5 Å². The van der Waals surface area contributed by atoms with Crippen molar-refractivity contribution in [2.24, 2.45) is 0 Å². The molecule has 7 heteroatoms. The molecule has 7 nitrogen and oxygen atoms in total. The predicted octanol–water partition coefficient (Wildman–Crippen LogP) is 2.13. The van der Waals surface area contributed by atoms with Crippen molar-refractivity contribution in [1.29, 1.82) is 0 Å². The Balaban J connectivity index is 1.88. The Kier molecular flexibility index (Phi) is 2.59. The molecule has 0 amide bonds. The van der Waals surface area contributed by atoms with Gasteiger partial charge in [-0.1, -0.05) is 30.3 Å². The van der Waals surface area contributed by atoms with E-state index in [2.05, 4.69) is 25.3 Å². The van der Waals surface area contributed by atoms with E-state index < -0.39 is 0 Å². The third kappa shape index (κ3) is 1.87. The first-order valence-electron chi connectivity index (χ1n) is 6.70. The fourth-order valence-electron chi connectivity index (χ4n) is 2.45. The summed E-state index contributed by atoms with van der Waals surface area (Å²) in [6, 6.07) is 11.6. The lowest BCUT2D eigenvalue weighted by Gasteiger charge is -2.11. The number of nitrogens with one attached hydrogen (secondary N) is 3. The van der Waals surface area contributed by atoms with Crippen molar-refractivity contribution < 1.29 is 0 Å². The van der Waals surface area contributed by atoms with E-state index in [0.29, 0.717) is 28.5 Å². The Morgan fingerprint density at radius 2 is 2.00 bits per heavy atom. The van der Waals surface area contributed by atoms with Gasteiger partial charge in [-0.25, -0.2) is 4.98 Å². The molecule has 4 aromatic rings. The highest BCUT2D eigenvalue weighted by Gasteiger charge is 2.09. The van der Waals surface area contributed by atoms with Gasteiger partial charge in [0, 0.05) is 5.39 Å². The van der Waals surface area contributed by atoms with Crippen LogP contribution in [0.1, 0.15) is 0 Å². The van der Waals surface area contributed by atoms with Crippen molar-refractivity contribution in [1.82, 2.24) is 19.9 Å². The van der Waals surface area contributed by atoms with E-state index in [4.69, 9.17) is 5.73 Å². The largest absolute Gasteiger partial charge is 0.397 e. The van der Waals surface area contributed by atoms with Gasteiger partial charge in [0.25, 0.3) is 5.56 Å². The van der Waals surface area contributed by atoms with E-state index in [-0.39, 0.29) is 5.56 Å². The maximum atomic E-state index is 12.0. The molecule has 0 bridgehead atoms. The normalized spacial score (nSPS) is 11.1. The van der Waals surface area contributed by atoms with Gasteiger partial charge in [0.2, 0.25) is 5.95 Å². The van der Waals surface area contributed by atoms with E-state index >= 15 is 0 Å². The van der Waals surface area contributed by atoms with Gasteiger partial charge in [-0.3, -0.25) is 9.78 Å². The molecule has 0 unspecified atom stereocenters. The van der Waals surface area contributed by atoms with E-state index in [1.54, 1.807) is 0 Å². The van der Waals surface area contributed by atoms with E-state index in [1.165, 1.54) is 6.33 Å². The van der Waals surface area contributed by atoms with Crippen molar-refractivity contribution in [3.8, 4) is 0 Å². The number of nitrogens with zero attached hydrogens (tertiary/aromatic N) is 2. The number of rotatable bonds is 2. The zero-order valence-electron chi connectivity index (χ0n) is 11.4. The van der Waals surface area contributed by atoms with Crippen LogP contribution in [-0.4, -0.2) is 19.9 Å². The fourth-order valence-corrected chi connectivity index (χ4v) is 2.45. The summed E-state index contributed by atoms with van der Waals surface area (Å²) in [4.78, 5) is 25.7. The maximum absolute atomic E-state index is 12.0. The molecule has 0 aliphatic rings. The minimum atomic E-state index is -0.288. The van der Waals surface area contributed by atoms with Gasteiger partial charge in [-0.05, 0) is 11.5 Å². The zero-order valence-corrected chi connectivity index (χ0v) is 11.4. The Hall–Kier alpha value is -3.35. The molecule has 0 saturated heterocycles. The molecule has 0 fully saturated rings. The first-order valence-corrected chi connectivity index (χ1v) is 6.70. The molecule has 22 heavy (non-hydrogen) atoms. The van der Waals surface area contributed by atoms with Gasteiger partial charge in [0.1, 0.15) is 0 Å². The molecule has 108 valence electrons. The van der Waals surface area contributed by atoms with Gasteiger partial charge in [0.15, 0.2) is 11.2 Å². The quantitative estimate of drug-likeness (QED) is 0.423. The summed E-state index contributed by atoms with van der Waals surface area (Å²) in [5.74, 6) is 0.299. The highest BCUT2D eigenvalue weighted by molar-refractivity contribution is 6.00. The van der Waals surface area contributed by atoms with Crippen molar-refractivity contribution in [2.45, 2.75) is 0 Å². The van der Waals surface area contributed by atoms with E-state index in [9.17, 15) is 4.79 Å². The van der Waals surface area contributed by atoms with Crippen molar-refractivity contribution in [3.63, 3.8) is 0 Å². The first-order chi connectivity index (χ1) is 10.7. The molecule has 0 atom stereocenters. The summed E-state index contributed by atoms with van der Waals surface area (Å²) in [6.07, 6.45) is 1.43. The minimum Gasteiger partial charge on any atom is -0.397 e. The zero-order chi connectivity index (χ0) is 15.1. The first kappa shape index (κ1) is 12.4. The number of anilines is 3. The Bertz CT molecular complexity index is 1050. The van der Waals surface area contributed by atoms with Crippen LogP contribution in [0.4, 0.5) is 17.3 Å². The summed E-state index contributed by atoms with van der Waals surface area (Å²) in [5.41, 5.74) is 7.75. The smallest absolute Gasteiger partial charge is 0.278 e. The number of nitrogen functional groups attached to an aromatic ring is 1. The molecule has 5 N–H and O–H groups in total. The molecule has 0 aliphatic heterocycles. The van der Waals surface area contributed by atoms with Crippen LogP contribution in [0.2, 0.25) is 0 Å². The van der Waals surface area contributed by atoms with Crippen LogP contribution in [0.3, 0.4) is 0 Å². The number of aromatic nitrogens is 4. The van der Waals surface area contributed by atoms with Crippen LogP contribution in [0, 0.1) is 0 Å². The van der Waals surface area contributed by atoms with Gasteiger partial charge >= 0.3 is 0 Å². The second-order valence-corrected chi connectivity index (χ2v) is 4.89. The topological polar surface area (TPSA) is 112 Å². The second-order valence-electron chi connectivity index (χ2n) is 4.89. The molecule has 4 rings (SSSR count).